The Morgan fingerprint density at radius 2 is 2.17 bits per heavy atom. The monoisotopic (exact) mass is 244 g/mol. The molecule has 0 amide bonds. The van der Waals surface area contributed by atoms with Crippen LogP contribution in [0.5, 0.6) is 11.6 Å². The van der Waals surface area contributed by atoms with Gasteiger partial charge in [0.15, 0.2) is 5.82 Å². The molecule has 0 aliphatic heterocycles. The van der Waals surface area contributed by atoms with E-state index in [1.807, 2.05) is 6.07 Å². The van der Waals surface area contributed by atoms with Crippen LogP contribution in [0.2, 0.25) is 0 Å². The van der Waals surface area contributed by atoms with Gasteiger partial charge in [-0.2, -0.15) is 5.10 Å². The molecule has 1 aromatic carbocycles. The quantitative estimate of drug-likeness (QED) is 0.631. The van der Waals surface area contributed by atoms with E-state index >= 15 is 0 Å². The highest BCUT2D eigenvalue weighted by Gasteiger charge is 1.97. The summed E-state index contributed by atoms with van der Waals surface area (Å²) in [5.41, 5.74) is 3.34. The Kier molecular flexibility index (Phi) is 3.70. The van der Waals surface area contributed by atoms with Crippen molar-refractivity contribution in [3.05, 3.63) is 42.2 Å². The number of hydrazone groups is 1. The van der Waals surface area contributed by atoms with Gasteiger partial charge in [-0.25, -0.2) is 9.97 Å². The Morgan fingerprint density at radius 1 is 1.33 bits per heavy atom. The predicted octanol–water partition coefficient (Wildman–Crippen LogP) is 1.64. The number of nitrogens with zero attached hydrogens (tertiary/aromatic N) is 3. The number of hydrogen-bond acceptors (Lipinski definition) is 6. The lowest BCUT2D eigenvalue weighted by atomic mass is 10.2. The van der Waals surface area contributed by atoms with E-state index in [0.29, 0.717) is 17.3 Å². The number of anilines is 1. The first-order valence-corrected chi connectivity index (χ1v) is 5.22. The Morgan fingerprint density at radius 3 is 2.94 bits per heavy atom. The van der Waals surface area contributed by atoms with Crippen molar-refractivity contribution in [3.63, 3.8) is 0 Å². The molecular formula is C12H12N4O2. The molecule has 0 unspecified atom stereocenters. The van der Waals surface area contributed by atoms with Gasteiger partial charge < -0.3 is 9.84 Å². The molecule has 0 spiro atoms. The van der Waals surface area contributed by atoms with Crippen LogP contribution in [0.15, 0.2) is 41.8 Å². The summed E-state index contributed by atoms with van der Waals surface area (Å²) in [5, 5.41) is 13.5. The summed E-state index contributed by atoms with van der Waals surface area (Å²) in [7, 11) is 1.53. The van der Waals surface area contributed by atoms with E-state index in [1.165, 1.54) is 19.7 Å². The highest BCUT2D eigenvalue weighted by molar-refractivity contribution is 5.83. The zero-order valence-corrected chi connectivity index (χ0v) is 9.74. The van der Waals surface area contributed by atoms with Gasteiger partial charge in [0.1, 0.15) is 12.1 Å². The first-order valence-electron chi connectivity index (χ1n) is 5.22. The first-order chi connectivity index (χ1) is 8.79. The van der Waals surface area contributed by atoms with Crippen molar-refractivity contribution >= 4 is 12.0 Å². The second-order valence-electron chi connectivity index (χ2n) is 3.37. The Hall–Kier alpha value is -2.63. The molecule has 0 saturated heterocycles. The minimum atomic E-state index is 0.170. The number of ether oxygens (including phenoxy) is 1. The normalized spacial score (nSPS) is 10.5. The van der Waals surface area contributed by atoms with Crippen LogP contribution in [0.1, 0.15) is 5.56 Å². The molecule has 18 heavy (non-hydrogen) atoms. The zero-order chi connectivity index (χ0) is 12.8. The fourth-order valence-electron chi connectivity index (χ4n) is 1.28. The Bertz CT molecular complexity index is 557. The number of methoxy groups -OCH3 is 1. The molecule has 0 aliphatic carbocycles. The molecule has 0 atom stereocenters. The SMILES string of the molecule is COc1cc(N/N=C\c2ccccc2O)ncn1. The molecule has 1 aromatic heterocycles. The van der Waals surface area contributed by atoms with E-state index in [9.17, 15) is 5.11 Å². The lowest BCUT2D eigenvalue weighted by Gasteiger charge is -2.01. The van der Waals surface area contributed by atoms with Crippen molar-refractivity contribution in [2.75, 3.05) is 12.5 Å². The second-order valence-corrected chi connectivity index (χ2v) is 3.37. The topological polar surface area (TPSA) is 79.6 Å². The van der Waals surface area contributed by atoms with Gasteiger partial charge in [0.2, 0.25) is 5.88 Å². The number of hydrogen-bond donors (Lipinski definition) is 2. The van der Waals surface area contributed by atoms with E-state index in [4.69, 9.17) is 4.74 Å². The van der Waals surface area contributed by atoms with Gasteiger partial charge in [0.25, 0.3) is 0 Å². The third kappa shape index (κ3) is 2.94. The molecule has 1 heterocycles. The van der Waals surface area contributed by atoms with Gasteiger partial charge in [-0.3, -0.25) is 5.43 Å². The molecule has 92 valence electrons. The zero-order valence-electron chi connectivity index (χ0n) is 9.74. The predicted molar refractivity (Wildman–Crippen MR) is 67.9 cm³/mol. The lowest BCUT2D eigenvalue weighted by molar-refractivity contribution is 0.397. The summed E-state index contributed by atoms with van der Waals surface area (Å²) < 4.78 is 4.96. The molecule has 0 radical (unpaired) electrons. The Labute approximate surface area is 104 Å². The van der Waals surface area contributed by atoms with Gasteiger partial charge in [-0.1, -0.05) is 12.1 Å². The van der Waals surface area contributed by atoms with Crippen molar-refractivity contribution in [3.8, 4) is 11.6 Å². The van der Waals surface area contributed by atoms with Crippen LogP contribution in [-0.2, 0) is 0 Å². The largest absolute Gasteiger partial charge is 0.507 e. The van der Waals surface area contributed by atoms with Gasteiger partial charge in [-0.05, 0) is 12.1 Å². The van der Waals surface area contributed by atoms with E-state index in [-0.39, 0.29) is 5.75 Å². The maximum atomic E-state index is 9.53. The van der Waals surface area contributed by atoms with Crippen molar-refractivity contribution < 1.29 is 9.84 Å². The maximum Gasteiger partial charge on any atom is 0.218 e. The van der Waals surface area contributed by atoms with Crippen LogP contribution >= 0.6 is 0 Å². The minimum Gasteiger partial charge on any atom is -0.507 e. The minimum absolute atomic E-state index is 0.170. The average Bonchev–Trinajstić information content (AvgIpc) is 2.41. The van der Waals surface area contributed by atoms with E-state index in [1.54, 1.807) is 24.3 Å². The molecule has 2 rings (SSSR count). The van der Waals surface area contributed by atoms with Crippen LogP contribution in [0.3, 0.4) is 0 Å². The number of rotatable bonds is 4. The van der Waals surface area contributed by atoms with E-state index in [2.05, 4.69) is 20.5 Å². The molecule has 0 saturated carbocycles. The van der Waals surface area contributed by atoms with Crippen LogP contribution < -0.4 is 10.2 Å². The highest BCUT2D eigenvalue weighted by atomic mass is 16.5. The van der Waals surface area contributed by atoms with Crippen LogP contribution in [-0.4, -0.2) is 28.4 Å². The van der Waals surface area contributed by atoms with Crippen molar-refractivity contribution in [2.24, 2.45) is 5.10 Å². The summed E-state index contributed by atoms with van der Waals surface area (Å²) in [4.78, 5) is 7.84. The smallest absolute Gasteiger partial charge is 0.218 e. The molecule has 2 N–H and O–H groups in total. The second kappa shape index (κ2) is 5.62. The molecule has 2 aromatic rings. The van der Waals surface area contributed by atoms with E-state index < -0.39 is 0 Å². The van der Waals surface area contributed by atoms with Crippen LogP contribution in [0.25, 0.3) is 0 Å². The van der Waals surface area contributed by atoms with Gasteiger partial charge in [-0.15, -0.1) is 0 Å². The summed E-state index contributed by atoms with van der Waals surface area (Å²) in [6.07, 6.45) is 2.88. The third-order valence-corrected chi connectivity index (χ3v) is 2.17. The van der Waals surface area contributed by atoms with Crippen molar-refractivity contribution in [1.82, 2.24) is 9.97 Å². The molecular weight excluding hydrogens is 232 g/mol. The Balaban J connectivity index is 2.05. The maximum absolute atomic E-state index is 9.53. The highest BCUT2D eigenvalue weighted by Crippen LogP contribution is 2.13. The summed E-state index contributed by atoms with van der Waals surface area (Å²) in [6, 6.07) is 8.52. The number of nitrogens with one attached hydrogen (secondary N) is 1. The number of benzene rings is 1. The van der Waals surface area contributed by atoms with Gasteiger partial charge >= 0.3 is 0 Å². The van der Waals surface area contributed by atoms with Gasteiger partial charge in [0.05, 0.1) is 13.3 Å². The third-order valence-electron chi connectivity index (χ3n) is 2.17. The van der Waals surface area contributed by atoms with E-state index in [0.717, 1.165) is 0 Å². The van der Waals surface area contributed by atoms with Gasteiger partial charge in [0, 0.05) is 11.6 Å². The van der Waals surface area contributed by atoms with Crippen LogP contribution in [0.4, 0.5) is 5.82 Å². The average molecular weight is 244 g/mol. The molecule has 6 heteroatoms. The van der Waals surface area contributed by atoms with Crippen molar-refractivity contribution in [2.45, 2.75) is 0 Å². The summed E-state index contributed by atoms with van der Waals surface area (Å²) in [5.74, 6) is 1.13. The first kappa shape index (κ1) is 11.8. The number of para-hydroxylation sites is 1. The molecule has 0 fully saturated rings. The number of phenolic OH excluding ortho intramolecular Hbond substituents is 1. The lowest BCUT2D eigenvalue weighted by Crippen LogP contribution is -1.96. The summed E-state index contributed by atoms with van der Waals surface area (Å²) >= 11 is 0. The van der Waals surface area contributed by atoms with Crippen LogP contribution in [0, 0.1) is 0 Å². The number of aromatic nitrogens is 2. The fraction of sp³-hybridized carbons (Fsp3) is 0.0833. The molecule has 0 aliphatic rings. The number of aromatic hydroxyl groups is 1. The molecule has 0 bridgehead atoms. The number of phenols is 1. The van der Waals surface area contributed by atoms with Crippen molar-refractivity contribution in [1.29, 1.82) is 0 Å². The standard InChI is InChI=1S/C12H12N4O2/c1-18-12-6-11(13-8-14-12)16-15-7-9-4-2-3-5-10(9)17/h2-8,17H,1H3,(H,13,14,16)/b15-7-. The molecule has 6 nitrogen and oxygen atoms in total. The fourth-order valence-corrected chi connectivity index (χ4v) is 1.28. The summed E-state index contributed by atoms with van der Waals surface area (Å²) in [6.45, 7) is 0.